The molecule has 0 atom stereocenters. The zero-order valence-corrected chi connectivity index (χ0v) is 11.1. The van der Waals surface area contributed by atoms with Gasteiger partial charge in [0.1, 0.15) is 0 Å². The Hall–Kier alpha value is -0.610. The molecule has 1 rings (SSSR count). The summed E-state index contributed by atoms with van der Waals surface area (Å²) in [6.07, 6.45) is 4.12. The van der Waals surface area contributed by atoms with Crippen LogP contribution in [0.3, 0.4) is 0 Å². The van der Waals surface area contributed by atoms with Crippen molar-refractivity contribution in [2.24, 2.45) is 5.92 Å². The van der Waals surface area contributed by atoms with Gasteiger partial charge in [-0.3, -0.25) is 4.79 Å². The van der Waals surface area contributed by atoms with E-state index in [1.54, 1.807) is 0 Å². The Balaban J connectivity index is 1.79. The Morgan fingerprint density at radius 1 is 1.35 bits per heavy atom. The maximum Gasteiger partial charge on any atom is 0.220 e. The summed E-state index contributed by atoms with van der Waals surface area (Å²) < 4.78 is 5.44. The molecule has 0 aromatic carbocycles. The molecule has 0 aromatic heterocycles. The van der Waals surface area contributed by atoms with Crippen LogP contribution in [-0.2, 0) is 9.53 Å². The average Bonchev–Trinajstić information content (AvgIpc) is 3.07. The number of carbonyl (C=O) groups excluding carboxylic acids is 1. The molecule has 2 N–H and O–H groups in total. The molecule has 0 aliphatic heterocycles. The van der Waals surface area contributed by atoms with Gasteiger partial charge in [0.2, 0.25) is 5.91 Å². The van der Waals surface area contributed by atoms with Crippen LogP contribution < -0.4 is 10.6 Å². The second-order valence-electron chi connectivity index (χ2n) is 5.08. The van der Waals surface area contributed by atoms with Crippen molar-refractivity contribution in [2.45, 2.75) is 45.6 Å². The summed E-state index contributed by atoms with van der Waals surface area (Å²) >= 11 is 0. The lowest BCUT2D eigenvalue weighted by atomic mass is 10.2. The van der Waals surface area contributed by atoms with E-state index in [4.69, 9.17) is 4.74 Å². The van der Waals surface area contributed by atoms with E-state index >= 15 is 0 Å². The van der Waals surface area contributed by atoms with Crippen molar-refractivity contribution >= 4 is 5.91 Å². The Morgan fingerprint density at radius 3 is 2.76 bits per heavy atom. The molecule has 0 spiro atoms. The first-order valence-corrected chi connectivity index (χ1v) is 6.76. The topological polar surface area (TPSA) is 50.4 Å². The Bertz CT molecular complexity index is 215. The van der Waals surface area contributed by atoms with Crippen LogP contribution >= 0.6 is 0 Å². The molecule has 1 aliphatic rings. The normalized spacial score (nSPS) is 15.2. The molecule has 0 radical (unpaired) electrons. The van der Waals surface area contributed by atoms with E-state index in [1.807, 2.05) is 0 Å². The number of hydrogen-bond donors (Lipinski definition) is 2. The molecule has 1 amide bonds. The highest BCUT2D eigenvalue weighted by molar-refractivity contribution is 5.75. The van der Waals surface area contributed by atoms with Crippen LogP contribution in [0.15, 0.2) is 0 Å². The molecule has 4 nitrogen and oxygen atoms in total. The zero-order valence-electron chi connectivity index (χ0n) is 11.1. The maximum atomic E-state index is 11.4. The van der Waals surface area contributed by atoms with Crippen molar-refractivity contribution in [1.82, 2.24) is 10.6 Å². The van der Waals surface area contributed by atoms with Gasteiger partial charge >= 0.3 is 0 Å². The van der Waals surface area contributed by atoms with Gasteiger partial charge in [-0.25, -0.2) is 0 Å². The first kappa shape index (κ1) is 14.5. The van der Waals surface area contributed by atoms with Crippen molar-refractivity contribution in [3.8, 4) is 0 Å². The van der Waals surface area contributed by atoms with Crippen molar-refractivity contribution in [1.29, 1.82) is 0 Å². The summed E-state index contributed by atoms with van der Waals surface area (Å²) in [6, 6.07) is 0.494. The van der Waals surface area contributed by atoms with Crippen molar-refractivity contribution in [3.05, 3.63) is 0 Å². The first-order chi connectivity index (χ1) is 8.18. The lowest BCUT2D eigenvalue weighted by Crippen LogP contribution is -2.29. The number of hydrogen-bond acceptors (Lipinski definition) is 3. The molecule has 0 unspecified atom stereocenters. The monoisotopic (exact) mass is 242 g/mol. The molecule has 4 heteroatoms. The highest BCUT2D eigenvalue weighted by atomic mass is 16.5. The van der Waals surface area contributed by atoms with Gasteiger partial charge < -0.3 is 15.4 Å². The Labute approximate surface area is 104 Å². The summed E-state index contributed by atoms with van der Waals surface area (Å²) in [5, 5.41) is 6.17. The summed E-state index contributed by atoms with van der Waals surface area (Å²) in [4.78, 5) is 11.4. The van der Waals surface area contributed by atoms with Gasteiger partial charge in [-0.2, -0.15) is 0 Å². The van der Waals surface area contributed by atoms with Crippen LogP contribution in [0.25, 0.3) is 0 Å². The van der Waals surface area contributed by atoms with Crippen LogP contribution in [0, 0.1) is 5.92 Å². The van der Waals surface area contributed by atoms with Crippen molar-refractivity contribution in [3.63, 3.8) is 0 Å². The lowest BCUT2D eigenvalue weighted by Gasteiger charge is -2.08. The van der Waals surface area contributed by atoms with Gasteiger partial charge in [0.05, 0.1) is 6.61 Å². The van der Waals surface area contributed by atoms with E-state index in [0.717, 1.165) is 25.5 Å². The van der Waals surface area contributed by atoms with Gasteiger partial charge in [0.15, 0.2) is 0 Å². The molecular formula is C13H26N2O2. The molecule has 1 fully saturated rings. The Morgan fingerprint density at radius 2 is 2.12 bits per heavy atom. The third kappa shape index (κ3) is 9.12. The number of carbonyl (C=O) groups is 1. The molecule has 17 heavy (non-hydrogen) atoms. The lowest BCUT2D eigenvalue weighted by molar-refractivity contribution is -0.121. The fraction of sp³-hybridized carbons (Fsp3) is 0.923. The quantitative estimate of drug-likeness (QED) is 0.568. The minimum absolute atomic E-state index is 0.130. The average molecular weight is 242 g/mol. The molecular weight excluding hydrogens is 216 g/mol. The first-order valence-electron chi connectivity index (χ1n) is 6.76. The predicted molar refractivity (Wildman–Crippen MR) is 68.9 cm³/mol. The van der Waals surface area contributed by atoms with Crippen LogP contribution in [0.4, 0.5) is 0 Å². The molecule has 100 valence electrons. The molecule has 1 aliphatic carbocycles. The minimum atomic E-state index is 0.130. The Kier molecular flexibility index (Phi) is 7.21. The number of ether oxygens (including phenoxy) is 1. The highest BCUT2D eigenvalue weighted by Crippen LogP contribution is 2.28. The number of amides is 1. The van der Waals surface area contributed by atoms with Gasteiger partial charge in [0, 0.05) is 25.6 Å². The fourth-order valence-electron chi connectivity index (χ4n) is 1.53. The van der Waals surface area contributed by atoms with E-state index in [9.17, 15) is 4.79 Å². The SMILES string of the molecule is CC(C)NCCCC(=O)NCCOCC1CC1. The van der Waals surface area contributed by atoms with E-state index in [0.29, 0.717) is 25.6 Å². The van der Waals surface area contributed by atoms with Crippen molar-refractivity contribution < 1.29 is 9.53 Å². The highest BCUT2D eigenvalue weighted by Gasteiger charge is 2.20. The fourth-order valence-corrected chi connectivity index (χ4v) is 1.53. The van der Waals surface area contributed by atoms with Crippen molar-refractivity contribution in [2.75, 3.05) is 26.3 Å². The molecule has 0 bridgehead atoms. The smallest absolute Gasteiger partial charge is 0.220 e. The standard InChI is InChI=1S/C13H26N2O2/c1-11(2)14-7-3-4-13(16)15-8-9-17-10-12-5-6-12/h11-12,14H,3-10H2,1-2H3,(H,15,16). The van der Waals surface area contributed by atoms with E-state index in [1.165, 1.54) is 12.8 Å². The number of rotatable bonds is 10. The van der Waals surface area contributed by atoms with Crippen LogP contribution in [-0.4, -0.2) is 38.3 Å². The molecule has 0 saturated heterocycles. The third-order valence-electron chi connectivity index (χ3n) is 2.75. The van der Waals surface area contributed by atoms with Gasteiger partial charge in [0.25, 0.3) is 0 Å². The predicted octanol–water partition coefficient (Wildman–Crippen LogP) is 1.31. The van der Waals surface area contributed by atoms with E-state index < -0.39 is 0 Å². The molecule has 1 saturated carbocycles. The maximum absolute atomic E-state index is 11.4. The summed E-state index contributed by atoms with van der Waals surface area (Å²) in [7, 11) is 0. The van der Waals surface area contributed by atoms with E-state index in [2.05, 4.69) is 24.5 Å². The third-order valence-corrected chi connectivity index (χ3v) is 2.75. The second kappa shape index (κ2) is 8.48. The second-order valence-corrected chi connectivity index (χ2v) is 5.08. The van der Waals surface area contributed by atoms with Gasteiger partial charge in [-0.15, -0.1) is 0 Å². The van der Waals surface area contributed by atoms with Gasteiger partial charge in [-0.1, -0.05) is 13.8 Å². The summed E-state index contributed by atoms with van der Waals surface area (Å²) in [6.45, 7) is 7.28. The summed E-state index contributed by atoms with van der Waals surface area (Å²) in [5.41, 5.74) is 0. The van der Waals surface area contributed by atoms with E-state index in [-0.39, 0.29) is 5.91 Å². The van der Waals surface area contributed by atoms with Crippen LogP contribution in [0.5, 0.6) is 0 Å². The van der Waals surface area contributed by atoms with Crippen LogP contribution in [0.2, 0.25) is 0 Å². The van der Waals surface area contributed by atoms with Gasteiger partial charge in [-0.05, 0) is 31.7 Å². The molecule has 0 heterocycles. The molecule has 0 aromatic rings. The minimum Gasteiger partial charge on any atom is -0.379 e. The summed E-state index contributed by atoms with van der Waals surface area (Å²) in [5.74, 6) is 0.929. The van der Waals surface area contributed by atoms with Crippen LogP contribution in [0.1, 0.15) is 39.5 Å². The zero-order chi connectivity index (χ0) is 12.5. The largest absolute Gasteiger partial charge is 0.379 e. The number of nitrogens with one attached hydrogen (secondary N) is 2.